The fourth-order valence-electron chi connectivity index (χ4n) is 0.822. The second-order valence-corrected chi connectivity index (χ2v) is 3.13. The maximum atomic E-state index is 9.68. The topological polar surface area (TPSA) is 26.3 Å². The number of aryl methyl sites for hydroxylation is 2. The summed E-state index contributed by atoms with van der Waals surface area (Å²) < 4.78 is 4.29. The number of cyclic esters (lactones) is 1. The Balaban J connectivity index is 0.000000145. The molecule has 0 aliphatic carbocycles. The molecule has 2 heteroatoms. The predicted octanol–water partition coefficient (Wildman–Crippen LogP) is 2.24. The minimum absolute atomic E-state index is 0.0648. The molecule has 0 radical (unpaired) electrons. The first-order chi connectivity index (χ1) is 6.18. The van der Waals surface area contributed by atoms with Crippen LogP contribution >= 0.6 is 0 Å². The lowest BCUT2D eigenvalue weighted by Gasteiger charge is -2.09. The van der Waals surface area contributed by atoms with Crippen molar-refractivity contribution in [2.24, 2.45) is 0 Å². The molecule has 0 N–H and O–H groups in total. The van der Waals surface area contributed by atoms with Crippen molar-refractivity contribution in [2.75, 3.05) is 6.61 Å². The Morgan fingerprint density at radius 1 is 1.08 bits per heavy atom. The van der Waals surface area contributed by atoms with Crippen molar-refractivity contribution in [3.05, 3.63) is 35.4 Å². The van der Waals surface area contributed by atoms with Gasteiger partial charge in [0.1, 0.15) is 6.61 Å². The van der Waals surface area contributed by atoms with Gasteiger partial charge in [-0.25, -0.2) is 0 Å². The lowest BCUT2D eigenvalue weighted by Crippen LogP contribution is -2.18. The van der Waals surface area contributed by atoms with Gasteiger partial charge in [0, 0.05) is 0 Å². The smallest absolute Gasteiger partial charge is 0.309 e. The van der Waals surface area contributed by atoms with Gasteiger partial charge in [-0.15, -0.1) is 0 Å². The van der Waals surface area contributed by atoms with Gasteiger partial charge in [0.05, 0.1) is 6.42 Å². The van der Waals surface area contributed by atoms with Crippen LogP contribution < -0.4 is 0 Å². The van der Waals surface area contributed by atoms with Gasteiger partial charge < -0.3 is 4.74 Å². The molecule has 70 valence electrons. The summed E-state index contributed by atoms with van der Waals surface area (Å²) in [6.07, 6.45) is 0.625. The molecule has 0 bridgehead atoms. The van der Waals surface area contributed by atoms with Gasteiger partial charge in [-0.3, -0.25) is 4.79 Å². The normalized spacial score (nSPS) is 13.5. The molecule has 0 spiro atoms. The molecule has 1 aliphatic heterocycles. The van der Waals surface area contributed by atoms with Crippen LogP contribution in [0, 0.1) is 13.8 Å². The van der Waals surface area contributed by atoms with Gasteiger partial charge in [0.15, 0.2) is 0 Å². The maximum Gasteiger partial charge on any atom is 0.309 e. The number of benzene rings is 1. The van der Waals surface area contributed by atoms with E-state index in [9.17, 15) is 4.79 Å². The van der Waals surface area contributed by atoms with E-state index in [0.717, 1.165) is 0 Å². The largest absolute Gasteiger partial charge is 0.465 e. The molecule has 13 heavy (non-hydrogen) atoms. The Labute approximate surface area is 78.5 Å². The van der Waals surface area contributed by atoms with Crippen molar-refractivity contribution >= 4 is 5.97 Å². The van der Waals surface area contributed by atoms with E-state index in [2.05, 4.69) is 42.8 Å². The number of ether oxygens (including phenoxy) is 1. The van der Waals surface area contributed by atoms with Gasteiger partial charge in [-0.2, -0.15) is 0 Å². The standard InChI is InChI=1S/C8H10.C3H4O2/c1-7-3-5-8(2)6-4-7;4-3-1-2-5-3/h3-6H,1-2H3;1-2H2. The van der Waals surface area contributed by atoms with Crippen molar-refractivity contribution in [3.63, 3.8) is 0 Å². The van der Waals surface area contributed by atoms with E-state index >= 15 is 0 Å². The Bertz CT molecular complexity index is 248. The van der Waals surface area contributed by atoms with Crippen molar-refractivity contribution in [2.45, 2.75) is 20.3 Å². The average Bonchev–Trinajstić information content (AvgIpc) is 2.08. The van der Waals surface area contributed by atoms with E-state index in [1.54, 1.807) is 0 Å². The highest BCUT2D eigenvalue weighted by atomic mass is 16.6. The minimum Gasteiger partial charge on any atom is -0.465 e. The Hall–Kier alpha value is -1.31. The van der Waals surface area contributed by atoms with Gasteiger partial charge >= 0.3 is 5.97 Å². The average molecular weight is 178 g/mol. The molecular formula is C11H14O2. The molecule has 1 heterocycles. The lowest BCUT2D eigenvalue weighted by atomic mass is 10.2. The van der Waals surface area contributed by atoms with Gasteiger partial charge in [0.2, 0.25) is 0 Å². The molecule has 1 aromatic rings. The fourth-order valence-corrected chi connectivity index (χ4v) is 0.822. The monoisotopic (exact) mass is 178 g/mol. The second kappa shape index (κ2) is 4.65. The summed E-state index contributed by atoms with van der Waals surface area (Å²) in [6.45, 7) is 4.83. The number of hydrogen-bond acceptors (Lipinski definition) is 2. The molecular weight excluding hydrogens is 164 g/mol. The van der Waals surface area contributed by atoms with Crippen LogP contribution in [0.5, 0.6) is 0 Å². The third-order valence-corrected chi connectivity index (χ3v) is 1.79. The van der Waals surface area contributed by atoms with E-state index in [0.29, 0.717) is 13.0 Å². The molecule has 0 unspecified atom stereocenters. The summed E-state index contributed by atoms with van der Waals surface area (Å²) in [5.41, 5.74) is 2.66. The lowest BCUT2D eigenvalue weighted by molar-refractivity contribution is -0.157. The second-order valence-electron chi connectivity index (χ2n) is 3.13. The number of carbonyl (C=O) groups is 1. The summed E-state index contributed by atoms with van der Waals surface area (Å²) in [4.78, 5) is 9.68. The first-order valence-electron chi connectivity index (χ1n) is 4.37. The molecule has 0 saturated carbocycles. The van der Waals surface area contributed by atoms with Crippen molar-refractivity contribution in [1.82, 2.24) is 0 Å². The van der Waals surface area contributed by atoms with Crippen LogP contribution in [0.1, 0.15) is 17.5 Å². The van der Waals surface area contributed by atoms with Gasteiger partial charge in [-0.1, -0.05) is 35.4 Å². The molecule has 1 fully saturated rings. The van der Waals surface area contributed by atoms with Crippen molar-refractivity contribution in [1.29, 1.82) is 0 Å². The first-order valence-corrected chi connectivity index (χ1v) is 4.37. The summed E-state index contributed by atoms with van der Waals surface area (Å²) in [5, 5.41) is 0. The Morgan fingerprint density at radius 3 is 1.54 bits per heavy atom. The number of carbonyl (C=O) groups excluding carboxylic acids is 1. The van der Waals surface area contributed by atoms with Crippen LogP contribution in [0.2, 0.25) is 0 Å². The molecule has 2 nitrogen and oxygen atoms in total. The minimum atomic E-state index is -0.0648. The van der Waals surface area contributed by atoms with E-state index in [1.807, 2.05) is 0 Å². The predicted molar refractivity (Wildman–Crippen MR) is 51.5 cm³/mol. The van der Waals surface area contributed by atoms with E-state index < -0.39 is 0 Å². The number of esters is 1. The summed E-state index contributed by atoms with van der Waals surface area (Å²) in [6, 6.07) is 8.48. The molecule has 0 aromatic heterocycles. The zero-order valence-corrected chi connectivity index (χ0v) is 8.04. The molecule has 1 saturated heterocycles. The molecule has 0 amide bonds. The zero-order chi connectivity index (χ0) is 9.68. The molecule has 1 aliphatic rings. The molecule has 2 rings (SSSR count). The van der Waals surface area contributed by atoms with Crippen LogP contribution in [0.3, 0.4) is 0 Å². The van der Waals surface area contributed by atoms with E-state index in [1.165, 1.54) is 11.1 Å². The van der Waals surface area contributed by atoms with E-state index in [4.69, 9.17) is 0 Å². The maximum absolute atomic E-state index is 9.68. The number of hydrogen-bond donors (Lipinski definition) is 0. The van der Waals surface area contributed by atoms with Crippen LogP contribution in [-0.4, -0.2) is 12.6 Å². The number of rotatable bonds is 0. The van der Waals surface area contributed by atoms with E-state index in [-0.39, 0.29) is 5.97 Å². The first kappa shape index (κ1) is 9.78. The molecule has 0 atom stereocenters. The van der Waals surface area contributed by atoms with Gasteiger partial charge in [0.25, 0.3) is 0 Å². The third kappa shape index (κ3) is 3.74. The third-order valence-electron chi connectivity index (χ3n) is 1.79. The zero-order valence-electron chi connectivity index (χ0n) is 8.04. The summed E-state index contributed by atoms with van der Waals surface area (Å²) >= 11 is 0. The highest BCUT2D eigenvalue weighted by molar-refractivity contribution is 5.73. The SMILES string of the molecule is Cc1ccc(C)cc1.O=C1CCO1. The molecule has 1 aromatic carbocycles. The van der Waals surface area contributed by atoms with Crippen LogP contribution in [0.25, 0.3) is 0 Å². The van der Waals surface area contributed by atoms with Crippen molar-refractivity contribution in [3.8, 4) is 0 Å². The van der Waals surface area contributed by atoms with Crippen LogP contribution in [-0.2, 0) is 9.53 Å². The quantitative estimate of drug-likeness (QED) is 0.569. The highest BCUT2D eigenvalue weighted by Gasteiger charge is 2.10. The Kier molecular flexibility index (Phi) is 3.50. The van der Waals surface area contributed by atoms with Crippen LogP contribution in [0.15, 0.2) is 24.3 Å². The van der Waals surface area contributed by atoms with Crippen molar-refractivity contribution < 1.29 is 9.53 Å². The van der Waals surface area contributed by atoms with Gasteiger partial charge in [-0.05, 0) is 13.8 Å². The van der Waals surface area contributed by atoms with Crippen LogP contribution in [0.4, 0.5) is 0 Å². The Morgan fingerprint density at radius 2 is 1.38 bits per heavy atom. The summed E-state index contributed by atoms with van der Waals surface area (Å²) in [5.74, 6) is -0.0648. The highest BCUT2D eigenvalue weighted by Crippen LogP contribution is 1.99. The summed E-state index contributed by atoms with van der Waals surface area (Å²) in [7, 11) is 0. The fraction of sp³-hybridized carbons (Fsp3) is 0.364.